The van der Waals surface area contributed by atoms with E-state index in [2.05, 4.69) is 5.32 Å². The van der Waals surface area contributed by atoms with E-state index in [9.17, 15) is 13.2 Å². The molecule has 0 spiro atoms. The molecule has 6 nitrogen and oxygen atoms in total. The molecule has 1 N–H and O–H groups in total. The normalized spacial score (nSPS) is 13.5. The minimum absolute atomic E-state index is 0.306. The fraction of sp³-hybridized carbons (Fsp3) is 0.350. The van der Waals surface area contributed by atoms with E-state index < -0.39 is 16.1 Å². The third-order valence-corrected chi connectivity index (χ3v) is 5.81. The van der Waals surface area contributed by atoms with Gasteiger partial charge in [-0.2, -0.15) is 0 Å². The number of hydrogen-bond donors (Lipinski definition) is 1. The zero-order valence-electron chi connectivity index (χ0n) is 16.3. The lowest BCUT2D eigenvalue weighted by molar-refractivity contribution is -0.122. The third kappa shape index (κ3) is 5.17. The Kier molecular flexibility index (Phi) is 7.32. The molecule has 0 heterocycles. The summed E-state index contributed by atoms with van der Waals surface area (Å²) in [6.45, 7) is 3.60. The van der Waals surface area contributed by atoms with Crippen LogP contribution in [0.5, 0.6) is 5.75 Å². The molecule has 8 heteroatoms. The summed E-state index contributed by atoms with van der Waals surface area (Å²) < 4.78 is 31.4. The zero-order valence-corrected chi connectivity index (χ0v) is 17.9. The van der Waals surface area contributed by atoms with Crippen LogP contribution >= 0.6 is 11.6 Å². The first-order valence-corrected chi connectivity index (χ1v) is 11.1. The predicted octanol–water partition coefficient (Wildman–Crippen LogP) is 3.77. The van der Waals surface area contributed by atoms with Crippen LogP contribution in [0.25, 0.3) is 0 Å². The van der Waals surface area contributed by atoms with Crippen LogP contribution in [-0.2, 0) is 14.8 Å². The molecule has 0 bridgehead atoms. The molecular weight excluding hydrogens is 400 g/mol. The number of carbonyl (C=O) groups is 1. The molecule has 0 unspecified atom stereocenters. The van der Waals surface area contributed by atoms with Gasteiger partial charge >= 0.3 is 0 Å². The molecule has 0 saturated carbocycles. The fourth-order valence-electron chi connectivity index (χ4n) is 3.06. The zero-order chi connectivity index (χ0) is 20.9. The van der Waals surface area contributed by atoms with Crippen LogP contribution in [0.2, 0.25) is 5.02 Å². The Hall–Kier alpha value is -2.25. The highest BCUT2D eigenvalue weighted by Gasteiger charge is 2.32. The minimum atomic E-state index is -3.70. The molecular formula is C20H25ClN2O4S. The van der Waals surface area contributed by atoms with Crippen LogP contribution in [0.3, 0.4) is 0 Å². The van der Waals surface area contributed by atoms with Gasteiger partial charge in [0.2, 0.25) is 15.9 Å². The Morgan fingerprint density at radius 1 is 1.18 bits per heavy atom. The van der Waals surface area contributed by atoms with Gasteiger partial charge in [-0.05, 0) is 43.7 Å². The average molecular weight is 425 g/mol. The molecule has 2 aromatic carbocycles. The molecule has 0 radical (unpaired) electrons. The number of hydrogen-bond acceptors (Lipinski definition) is 4. The van der Waals surface area contributed by atoms with Gasteiger partial charge in [0.15, 0.2) is 0 Å². The van der Waals surface area contributed by atoms with Gasteiger partial charge in [-0.1, -0.05) is 36.7 Å². The summed E-state index contributed by atoms with van der Waals surface area (Å²) in [6.07, 6.45) is 1.39. The number of methoxy groups -OCH3 is 1. The summed E-state index contributed by atoms with van der Waals surface area (Å²) in [5, 5.41) is 3.39. The molecule has 28 heavy (non-hydrogen) atoms. The number of amides is 1. The van der Waals surface area contributed by atoms with Crippen molar-refractivity contribution in [2.75, 3.05) is 17.7 Å². The van der Waals surface area contributed by atoms with Gasteiger partial charge in [-0.3, -0.25) is 9.10 Å². The number of sulfonamides is 1. The number of anilines is 1. The lowest BCUT2D eigenvalue weighted by Crippen LogP contribution is -2.49. The SMILES string of the molecule is CC[C@@H](C(=O)N[C@@H](C)c1ccccc1OC)N(c1ccc(Cl)cc1)S(C)(=O)=O. The Balaban J connectivity index is 2.32. The fourth-order valence-corrected chi connectivity index (χ4v) is 4.40. The number of para-hydroxylation sites is 1. The molecule has 0 aliphatic heterocycles. The van der Waals surface area contributed by atoms with Gasteiger partial charge in [0.25, 0.3) is 0 Å². The van der Waals surface area contributed by atoms with Crippen molar-refractivity contribution in [3.05, 3.63) is 59.1 Å². The topological polar surface area (TPSA) is 75.7 Å². The first-order chi connectivity index (χ1) is 13.2. The standard InChI is InChI=1S/C20H25ClN2O4S/c1-5-18(23(28(4,25)26)16-12-10-15(21)11-13-16)20(24)22-14(2)17-8-6-7-9-19(17)27-3/h6-14,18H,5H2,1-4H3,(H,22,24)/t14-,18-/m0/s1. The van der Waals surface area contributed by atoms with Crippen LogP contribution in [-0.4, -0.2) is 33.7 Å². The maximum Gasteiger partial charge on any atom is 0.244 e. The van der Waals surface area contributed by atoms with Crippen LogP contribution < -0.4 is 14.4 Å². The van der Waals surface area contributed by atoms with Gasteiger partial charge in [0.05, 0.1) is 25.1 Å². The van der Waals surface area contributed by atoms with Crippen LogP contribution in [0.4, 0.5) is 5.69 Å². The number of benzene rings is 2. The van der Waals surface area contributed by atoms with Gasteiger partial charge in [0.1, 0.15) is 11.8 Å². The first-order valence-electron chi connectivity index (χ1n) is 8.87. The second-order valence-corrected chi connectivity index (χ2v) is 8.73. The lowest BCUT2D eigenvalue weighted by atomic mass is 10.1. The van der Waals surface area contributed by atoms with E-state index in [1.54, 1.807) is 38.3 Å². The number of ether oxygens (including phenoxy) is 1. The molecule has 0 fully saturated rings. The monoisotopic (exact) mass is 424 g/mol. The molecule has 152 valence electrons. The smallest absolute Gasteiger partial charge is 0.244 e. The quantitative estimate of drug-likeness (QED) is 0.699. The number of carbonyl (C=O) groups excluding carboxylic acids is 1. The number of nitrogens with zero attached hydrogens (tertiary/aromatic N) is 1. The molecule has 2 aromatic rings. The summed E-state index contributed by atoms with van der Waals surface area (Å²) in [7, 11) is -2.13. The van der Waals surface area contributed by atoms with E-state index in [0.29, 0.717) is 22.9 Å². The highest BCUT2D eigenvalue weighted by atomic mass is 35.5. The lowest BCUT2D eigenvalue weighted by Gasteiger charge is -2.31. The molecule has 0 aromatic heterocycles. The Morgan fingerprint density at radius 2 is 1.79 bits per heavy atom. The Morgan fingerprint density at radius 3 is 2.32 bits per heavy atom. The van der Waals surface area contributed by atoms with E-state index in [1.165, 1.54) is 0 Å². The number of rotatable bonds is 8. The predicted molar refractivity (Wildman–Crippen MR) is 112 cm³/mol. The van der Waals surface area contributed by atoms with E-state index in [0.717, 1.165) is 16.1 Å². The van der Waals surface area contributed by atoms with Crippen molar-refractivity contribution in [1.29, 1.82) is 0 Å². The van der Waals surface area contributed by atoms with Crippen LogP contribution in [0, 0.1) is 0 Å². The van der Waals surface area contributed by atoms with Crippen molar-refractivity contribution in [3.8, 4) is 5.75 Å². The van der Waals surface area contributed by atoms with Crippen molar-refractivity contribution in [2.45, 2.75) is 32.4 Å². The van der Waals surface area contributed by atoms with Crippen molar-refractivity contribution >= 4 is 33.2 Å². The largest absolute Gasteiger partial charge is 0.496 e. The van der Waals surface area contributed by atoms with Crippen LogP contribution in [0.1, 0.15) is 31.9 Å². The van der Waals surface area contributed by atoms with E-state index in [4.69, 9.17) is 16.3 Å². The highest BCUT2D eigenvalue weighted by Crippen LogP contribution is 2.27. The second kappa shape index (κ2) is 9.30. The summed E-state index contributed by atoms with van der Waals surface area (Å²) in [6, 6.07) is 12.5. The maximum absolute atomic E-state index is 13.0. The van der Waals surface area contributed by atoms with Gasteiger partial charge in [0, 0.05) is 10.6 Å². The van der Waals surface area contributed by atoms with E-state index in [1.807, 2.05) is 31.2 Å². The van der Waals surface area contributed by atoms with Crippen molar-refractivity contribution in [3.63, 3.8) is 0 Å². The summed E-state index contributed by atoms with van der Waals surface area (Å²) >= 11 is 5.91. The molecule has 2 atom stereocenters. The first kappa shape index (κ1) is 22.0. The van der Waals surface area contributed by atoms with Gasteiger partial charge in [-0.25, -0.2) is 8.42 Å². The maximum atomic E-state index is 13.0. The number of nitrogens with one attached hydrogen (secondary N) is 1. The van der Waals surface area contributed by atoms with Crippen molar-refractivity contribution < 1.29 is 17.9 Å². The number of halogens is 1. The van der Waals surface area contributed by atoms with Gasteiger partial charge < -0.3 is 10.1 Å². The molecule has 0 aliphatic carbocycles. The molecule has 1 amide bonds. The molecule has 0 aliphatic rings. The van der Waals surface area contributed by atoms with Crippen molar-refractivity contribution in [2.24, 2.45) is 0 Å². The van der Waals surface area contributed by atoms with Gasteiger partial charge in [-0.15, -0.1) is 0 Å². The highest BCUT2D eigenvalue weighted by molar-refractivity contribution is 7.92. The summed E-state index contributed by atoms with van der Waals surface area (Å²) in [5.74, 6) is 0.266. The van der Waals surface area contributed by atoms with E-state index in [-0.39, 0.29) is 11.9 Å². The second-order valence-electron chi connectivity index (χ2n) is 6.43. The van der Waals surface area contributed by atoms with Crippen molar-refractivity contribution in [1.82, 2.24) is 5.32 Å². The minimum Gasteiger partial charge on any atom is -0.496 e. The van der Waals surface area contributed by atoms with Crippen LogP contribution in [0.15, 0.2) is 48.5 Å². The Bertz CT molecular complexity index is 916. The summed E-state index contributed by atoms with van der Waals surface area (Å²) in [5.41, 5.74) is 1.20. The Labute approximate surface area is 171 Å². The average Bonchev–Trinajstić information content (AvgIpc) is 2.65. The molecule has 0 saturated heterocycles. The summed E-state index contributed by atoms with van der Waals surface area (Å²) in [4.78, 5) is 13.0. The van der Waals surface area contributed by atoms with E-state index >= 15 is 0 Å². The third-order valence-electron chi connectivity index (χ3n) is 4.38. The molecule has 2 rings (SSSR count).